The average molecular weight is 395 g/mol. The van der Waals surface area contributed by atoms with Crippen LogP contribution in [0.25, 0.3) is 21.9 Å². The Kier molecular flexibility index (Phi) is 5.27. The molecule has 0 radical (unpaired) electrons. The number of methoxy groups -OCH3 is 1. The number of hydrogen-bond donors (Lipinski definition) is 1. The highest BCUT2D eigenvalue weighted by atomic mass is 16.5. The Morgan fingerprint density at radius 1 is 1.07 bits per heavy atom. The van der Waals surface area contributed by atoms with E-state index in [2.05, 4.69) is 32.0 Å². The third kappa shape index (κ3) is 3.66. The second kappa shape index (κ2) is 8.19. The number of likely N-dealkylation sites (tertiary alicyclic amines) is 1. The maximum absolute atomic E-state index is 6.11. The molecule has 0 amide bonds. The molecule has 0 atom stereocenters. The number of ether oxygens (including phenoxy) is 2. The van der Waals surface area contributed by atoms with Gasteiger partial charge in [0.2, 0.25) is 0 Å². The molecule has 1 aliphatic carbocycles. The molecule has 2 aliphatic rings. The summed E-state index contributed by atoms with van der Waals surface area (Å²) in [5, 5.41) is 2.28. The van der Waals surface area contributed by atoms with E-state index >= 15 is 0 Å². The zero-order valence-electron chi connectivity index (χ0n) is 17.2. The second-order valence-corrected chi connectivity index (χ2v) is 8.39. The van der Waals surface area contributed by atoms with E-state index in [1.165, 1.54) is 57.3 Å². The maximum Gasteiger partial charge on any atom is 0.163 e. The van der Waals surface area contributed by atoms with E-state index in [9.17, 15) is 0 Å². The summed E-state index contributed by atoms with van der Waals surface area (Å²) in [6.45, 7) is 4.27. The molecule has 0 unspecified atom stereocenters. The maximum atomic E-state index is 6.11. The van der Waals surface area contributed by atoms with Gasteiger partial charge in [-0.2, -0.15) is 0 Å². The van der Waals surface area contributed by atoms with E-state index in [0.29, 0.717) is 12.5 Å². The summed E-state index contributed by atoms with van der Waals surface area (Å²) in [7, 11) is 1.71. The molecule has 2 aromatic heterocycles. The van der Waals surface area contributed by atoms with Crippen molar-refractivity contribution < 1.29 is 9.47 Å². The van der Waals surface area contributed by atoms with Gasteiger partial charge in [0.25, 0.3) is 0 Å². The van der Waals surface area contributed by atoms with E-state index in [1.807, 2.05) is 0 Å². The van der Waals surface area contributed by atoms with Gasteiger partial charge in [0.1, 0.15) is 12.0 Å². The van der Waals surface area contributed by atoms with Gasteiger partial charge in [-0.1, -0.05) is 12.8 Å². The van der Waals surface area contributed by atoms with E-state index in [4.69, 9.17) is 9.47 Å². The van der Waals surface area contributed by atoms with Crippen LogP contribution in [0.5, 0.6) is 11.5 Å². The third-order valence-corrected chi connectivity index (χ3v) is 6.52. The molecule has 3 aromatic rings. The summed E-state index contributed by atoms with van der Waals surface area (Å²) in [6.07, 6.45) is 10.4. The molecular weight excluding hydrogens is 364 g/mol. The molecule has 1 aliphatic heterocycles. The Balaban J connectivity index is 1.42. The first-order chi connectivity index (χ1) is 14.3. The largest absolute Gasteiger partial charge is 0.493 e. The van der Waals surface area contributed by atoms with Crippen LogP contribution >= 0.6 is 0 Å². The first-order valence-electron chi connectivity index (χ1n) is 11.0. The Hall–Kier alpha value is -2.34. The second-order valence-electron chi connectivity index (χ2n) is 8.39. The molecule has 0 spiro atoms. The van der Waals surface area contributed by atoms with Gasteiger partial charge in [0.15, 0.2) is 11.5 Å². The van der Waals surface area contributed by atoms with Crippen molar-refractivity contribution in [2.24, 2.45) is 0 Å². The molecule has 1 N–H and O–H groups in total. The van der Waals surface area contributed by atoms with Gasteiger partial charge in [0, 0.05) is 29.3 Å². The third-order valence-electron chi connectivity index (χ3n) is 6.52. The van der Waals surface area contributed by atoms with Crippen molar-refractivity contribution in [3.63, 3.8) is 0 Å². The smallest absolute Gasteiger partial charge is 0.163 e. The van der Waals surface area contributed by atoms with Gasteiger partial charge in [-0.25, -0.2) is 9.97 Å². The summed E-state index contributed by atoms with van der Waals surface area (Å²) in [6, 6.07) is 4.15. The van der Waals surface area contributed by atoms with Crippen LogP contribution in [0.3, 0.4) is 0 Å². The number of benzene rings is 1. The Morgan fingerprint density at radius 3 is 2.69 bits per heavy atom. The SMILES string of the molecule is COc1cc2c(cc1OCCCN1CCCC1)[nH]c1ncnc(C3CCCC3)c12. The number of H-pyrrole nitrogens is 1. The van der Waals surface area contributed by atoms with Gasteiger partial charge in [-0.3, -0.25) is 0 Å². The quantitative estimate of drug-likeness (QED) is 0.592. The van der Waals surface area contributed by atoms with Crippen LogP contribution < -0.4 is 9.47 Å². The Labute approximate surface area is 171 Å². The minimum absolute atomic E-state index is 0.534. The van der Waals surface area contributed by atoms with Crippen molar-refractivity contribution in [1.82, 2.24) is 19.9 Å². The number of aromatic amines is 1. The van der Waals surface area contributed by atoms with Crippen LogP contribution in [-0.4, -0.2) is 53.2 Å². The lowest BCUT2D eigenvalue weighted by Gasteiger charge is -2.15. The Morgan fingerprint density at radius 2 is 1.90 bits per heavy atom. The molecule has 154 valence electrons. The lowest BCUT2D eigenvalue weighted by Crippen LogP contribution is -2.21. The zero-order valence-corrected chi connectivity index (χ0v) is 17.2. The minimum atomic E-state index is 0.534. The Bertz CT molecular complexity index is 987. The standard InChI is InChI=1S/C23H30N4O2/c1-28-19-13-17-18(14-20(19)29-12-6-11-27-9-4-5-10-27)26-23-21(17)22(24-15-25-23)16-7-2-3-8-16/h13-16H,2-12H2,1H3,(H,24,25,26). The van der Waals surface area contributed by atoms with E-state index < -0.39 is 0 Å². The van der Waals surface area contributed by atoms with E-state index in [0.717, 1.165) is 46.4 Å². The summed E-state index contributed by atoms with van der Waals surface area (Å²) in [5.41, 5.74) is 3.13. The van der Waals surface area contributed by atoms with Crippen LogP contribution in [0.15, 0.2) is 18.5 Å². The number of fused-ring (bicyclic) bond motifs is 3. The highest BCUT2D eigenvalue weighted by Crippen LogP contribution is 2.41. The normalized spacial score (nSPS) is 18.2. The summed E-state index contributed by atoms with van der Waals surface area (Å²) in [5.74, 6) is 2.11. The molecule has 0 bridgehead atoms. The van der Waals surface area contributed by atoms with Crippen LogP contribution in [0.1, 0.15) is 56.6 Å². The van der Waals surface area contributed by atoms with E-state index in [-0.39, 0.29) is 0 Å². The number of nitrogens with zero attached hydrogens (tertiary/aromatic N) is 3. The molecular formula is C23H30N4O2. The fourth-order valence-electron chi connectivity index (χ4n) is 5.01. The first-order valence-corrected chi connectivity index (χ1v) is 11.0. The monoisotopic (exact) mass is 394 g/mol. The molecule has 1 saturated carbocycles. The van der Waals surface area contributed by atoms with Crippen molar-refractivity contribution >= 4 is 21.9 Å². The van der Waals surface area contributed by atoms with Gasteiger partial charge >= 0.3 is 0 Å². The van der Waals surface area contributed by atoms with Crippen LogP contribution in [0.4, 0.5) is 0 Å². The number of hydrogen-bond acceptors (Lipinski definition) is 5. The van der Waals surface area contributed by atoms with Crippen molar-refractivity contribution in [3.8, 4) is 11.5 Å². The van der Waals surface area contributed by atoms with Gasteiger partial charge in [-0.15, -0.1) is 0 Å². The van der Waals surface area contributed by atoms with Gasteiger partial charge in [-0.05, 0) is 51.3 Å². The van der Waals surface area contributed by atoms with Crippen molar-refractivity contribution in [1.29, 1.82) is 0 Å². The first kappa shape index (κ1) is 18.7. The van der Waals surface area contributed by atoms with Crippen molar-refractivity contribution in [2.45, 2.75) is 50.9 Å². The summed E-state index contributed by atoms with van der Waals surface area (Å²) >= 11 is 0. The predicted molar refractivity (Wildman–Crippen MR) is 115 cm³/mol. The fraction of sp³-hybridized carbons (Fsp3) is 0.565. The molecule has 1 saturated heterocycles. The molecule has 6 heteroatoms. The van der Waals surface area contributed by atoms with Crippen LogP contribution in [-0.2, 0) is 0 Å². The number of nitrogens with one attached hydrogen (secondary N) is 1. The predicted octanol–water partition coefficient (Wildman–Crippen LogP) is 4.64. The minimum Gasteiger partial charge on any atom is -0.493 e. The molecule has 1 aromatic carbocycles. The molecule has 2 fully saturated rings. The van der Waals surface area contributed by atoms with Crippen molar-refractivity contribution in [3.05, 3.63) is 24.2 Å². The number of aromatic nitrogens is 3. The summed E-state index contributed by atoms with van der Waals surface area (Å²) < 4.78 is 11.8. The molecule has 6 nitrogen and oxygen atoms in total. The van der Waals surface area contributed by atoms with Gasteiger partial charge in [0.05, 0.1) is 24.9 Å². The highest BCUT2D eigenvalue weighted by molar-refractivity contribution is 6.08. The van der Waals surface area contributed by atoms with Crippen LogP contribution in [0, 0.1) is 0 Å². The molecule has 3 heterocycles. The lowest BCUT2D eigenvalue weighted by molar-refractivity contribution is 0.254. The zero-order chi connectivity index (χ0) is 19.6. The van der Waals surface area contributed by atoms with Crippen LogP contribution in [0.2, 0.25) is 0 Å². The fourth-order valence-corrected chi connectivity index (χ4v) is 5.01. The lowest BCUT2D eigenvalue weighted by atomic mass is 9.99. The van der Waals surface area contributed by atoms with E-state index in [1.54, 1.807) is 13.4 Å². The topological polar surface area (TPSA) is 63.3 Å². The molecule has 5 rings (SSSR count). The highest BCUT2D eigenvalue weighted by Gasteiger charge is 2.23. The van der Waals surface area contributed by atoms with Crippen molar-refractivity contribution in [2.75, 3.05) is 33.4 Å². The molecule has 29 heavy (non-hydrogen) atoms. The van der Waals surface area contributed by atoms with Gasteiger partial charge < -0.3 is 19.4 Å². The number of rotatable bonds is 7. The summed E-state index contributed by atoms with van der Waals surface area (Å²) in [4.78, 5) is 15.2. The average Bonchev–Trinajstić information content (AvgIpc) is 3.51.